The normalized spacial score (nSPS) is 19.9. The van der Waals surface area contributed by atoms with Crippen LogP contribution in [0.3, 0.4) is 0 Å². The van der Waals surface area contributed by atoms with Crippen LogP contribution in [-0.4, -0.2) is 292 Å². The molecule has 0 spiro atoms. The number of aliphatic hydroxyl groups is 1. The van der Waals surface area contributed by atoms with Crippen LogP contribution in [0.4, 0.5) is 41.9 Å². The SMILES string of the molecule is C.COC(=O)[C@H]1C[C@@H](C)N(C(=O)OC(C)(C)C)C1.COC[C@H]1CCN(C(=O)OC(C)(C)C)C1.COC[C@H]1C[C@@H](C)N(C(=O)OC(C)(C)C)C1.C[C@@H]1C[C@H](C#N)CN1C(=O)OC(C)(C)C.C[C@@H]1C[C@H](C(=O)O)CN1C(=O)OC(C)(C)C.C[C@@H]1C[C@H](CO)CN1C(=O)OC(C)(C)C.O=C=O.O=C=O.O=C=O.O=C=O.O=C=O.O=C=O.O=[S-](=O)C(F)(F)F.[Li+].[Na+].[OH-].[OH-].[O]=[Ag]. The number of aliphatic hydroxyl groups excluding tert-OH is 1. The molecule has 50 heteroatoms. The maximum atomic E-state index is 11.9. The van der Waals surface area contributed by atoms with Gasteiger partial charge in [0, 0.05) is 125 Å². The molecule has 6 heterocycles. The summed E-state index contributed by atoms with van der Waals surface area (Å²) in [5.41, 5.74) is -7.89. The number of carbonyl (C=O) groups is 8. The molecular formula is C76H129AgF3LiN7NaO36S-. The number of carbonyl (C=O) groups excluding carboxylic acids is 19. The number of esters is 1. The van der Waals surface area contributed by atoms with Crippen LogP contribution in [0.2, 0.25) is 0 Å². The zero-order chi connectivity index (χ0) is 97.1. The number of carboxylic acids is 1. The number of methoxy groups -OCH3 is 3. The zero-order valence-electron chi connectivity index (χ0n) is 76.5. The Labute approximate surface area is 782 Å². The molecule has 4 N–H and O–H groups in total. The number of nitrogens with zero attached hydrogens (tertiary/aromatic N) is 7. The van der Waals surface area contributed by atoms with Crippen molar-refractivity contribution in [1.29, 1.82) is 5.26 Å². The predicted octanol–water partition coefficient (Wildman–Crippen LogP) is 2.95. The van der Waals surface area contributed by atoms with Gasteiger partial charge in [0.1, 0.15) is 33.6 Å². The van der Waals surface area contributed by atoms with Crippen molar-refractivity contribution in [2.45, 2.75) is 275 Å². The van der Waals surface area contributed by atoms with Gasteiger partial charge in [0.15, 0.2) is 0 Å². The average molecular weight is 1940 g/mol. The number of carboxylic acid groups (broad SMARTS) is 1. The van der Waals surface area contributed by atoms with Gasteiger partial charge in [-0.3, -0.25) is 9.59 Å². The van der Waals surface area contributed by atoms with Gasteiger partial charge in [-0.05, 0) is 198 Å². The van der Waals surface area contributed by atoms with Gasteiger partial charge in [-0.2, -0.15) is 76.0 Å². The molecule has 0 radical (unpaired) electrons. The molecule has 6 aliphatic rings. The van der Waals surface area contributed by atoms with Crippen LogP contribution in [-0.2, 0) is 153 Å². The number of likely N-dealkylation sites (tertiary alicyclic amines) is 6. The van der Waals surface area contributed by atoms with E-state index in [0.717, 1.165) is 51.9 Å². The summed E-state index contributed by atoms with van der Waals surface area (Å²) < 4.78 is 104. The minimum absolute atomic E-state index is 0. The van der Waals surface area contributed by atoms with Gasteiger partial charge in [0.05, 0.1) is 44.1 Å². The summed E-state index contributed by atoms with van der Waals surface area (Å²) in [5.74, 6) is -0.763. The first-order chi connectivity index (χ1) is 55.3. The summed E-state index contributed by atoms with van der Waals surface area (Å²) in [7, 11) is 0.817. The van der Waals surface area contributed by atoms with Crippen molar-refractivity contribution >= 4 is 96.1 Å². The second-order valence-corrected chi connectivity index (χ2v) is 33.7. The van der Waals surface area contributed by atoms with Crippen molar-refractivity contribution in [1.82, 2.24) is 29.4 Å². The molecule has 0 aromatic carbocycles. The molecule has 0 bridgehead atoms. The number of hydrogen-bond donors (Lipinski definition) is 2. The number of rotatable bonds is 7. The number of alkyl halides is 3. The van der Waals surface area contributed by atoms with E-state index in [1.54, 1.807) is 80.5 Å². The molecule has 43 nitrogen and oxygen atoms in total. The Morgan fingerprint density at radius 2 is 0.659 bits per heavy atom. The minimum atomic E-state index is -5.08. The van der Waals surface area contributed by atoms with Gasteiger partial charge in [-0.25, -0.2) is 28.8 Å². The second kappa shape index (κ2) is 75.9. The van der Waals surface area contributed by atoms with Crippen LogP contribution in [0.15, 0.2) is 0 Å². The van der Waals surface area contributed by atoms with E-state index in [0.29, 0.717) is 50.9 Å². The predicted molar refractivity (Wildman–Crippen MR) is 411 cm³/mol. The van der Waals surface area contributed by atoms with E-state index in [4.69, 9.17) is 127 Å². The second-order valence-electron chi connectivity index (χ2n) is 32.8. The van der Waals surface area contributed by atoms with Crippen LogP contribution in [0.1, 0.15) is 205 Å². The zero-order valence-corrected chi connectivity index (χ0v) is 80.8. The number of ether oxygens (including phenoxy) is 9. The van der Waals surface area contributed by atoms with Gasteiger partial charge in [0.2, 0.25) is 0 Å². The van der Waals surface area contributed by atoms with E-state index >= 15 is 0 Å². The standard InChI is InChI=1S/C12H21NO4.C12H23NO3.C11H18N2O2.C11H19NO4.2C11H21NO3.CF3O2S.6CO2.CH4.Ag.Li.Na.2H2O.O/c1-8-6-9(10(14)16-5)7-13(8)11(15)17-12(2,3)4;1-9-6-10(8-15-5)7-13(9)11(14)16-12(2,3)4;1-8-5-9(6-12)7-13(8)10(14)15-11(2,3)4;1-7-5-8(9(13)14)6-12(7)10(15)16-11(2,3)4;1-8-5-9(7-13)6-12(8)10(14)15-11(2,3)4;1-11(2,3)15-10(13)12-6-5-9(7-12)8-14-4;2-1(3,4)7(5)6;6*2-1-3;;;;;;;/h8-9H,6-7H2,1-5H3;9-10H,6-8H2,1-5H3;8-9H,5,7H2,1-4H3;7-8H,5-6H2,1-4H3,(H,13,14);8-9,13H,5-7H2,1-4H3;9H,5-8H2,1-4H3;;;;;;;;1H4;;;;2*1H2;/q;;;;;;-1;;;;;;;;;2*+1;;;/p-2/t8-,9+;9-,10+;8-,9-;7-,8+;8-,9+;9-;;;;;;;;;;;;;;/m111110............../s1. The number of aliphatic carboxylic acids is 1. The van der Waals surface area contributed by atoms with Crippen LogP contribution in [0, 0.1) is 46.8 Å². The molecular weight excluding hydrogens is 1810 g/mol. The fourth-order valence-electron chi connectivity index (χ4n) is 11.0. The van der Waals surface area contributed by atoms with E-state index in [9.17, 15) is 51.5 Å². The summed E-state index contributed by atoms with van der Waals surface area (Å²) >= 11 is 1.70. The molecule has 6 saturated heterocycles. The number of nitriles is 1. The summed E-state index contributed by atoms with van der Waals surface area (Å²) in [5, 5.41) is 26.7. The summed E-state index contributed by atoms with van der Waals surface area (Å²) in [6.45, 7) is 48.5. The Morgan fingerprint density at radius 3 is 0.897 bits per heavy atom. The van der Waals surface area contributed by atoms with Gasteiger partial charge in [-0.15, -0.1) is 0 Å². The number of hydrogen-bond acceptors (Lipinski definition) is 37. The molecule has 0 aromatic rings. The van der Waals surface area contributed by atoms with Crippen LogP contribution >= 0.6 is 0 Å². The maximum absolute atomic E-state index is 11.9. The molecule has 6 rings (SSSR count). The van der Waals surface area contributed by atoms with Crippen LogP contribution in [0.25, 0.3) is 0 Å². The Bertz CT molecular complexity index is 3320. The van der Waals surface area contributed by atoms with Gasteiger partial charge in [-0.1, -0.05) is 7.43 Å². The molecule has 0 aliphatic carbocycles. The van der Waals surface area contributed by atoms with Crippen molar-refractivity contribution in [3.05, 3.63) is 0 Å². The third-order valence-corrected chi connectivity index (χ3v) is 15.8. The molecule has 0 unspecified atom stereocenters. The summed E-state index contributed by atoms with van der Waals surface area (Å²) in [6.07, 6.45) is 4.44. The molecule has 6 aliphatic heterocycles. The Kier molecular flexibility index (Phi) is 88.3. The van der Waals surface area contributed by atoms with Gasteiger partial charge >= 0.3 is 164 Å². The van der Waals surface area contributed by atoms with E-state index in [1.165, 1.54) is 12.0 Å². The van der Waals surface area contributed by atoms with Gasteiger partial charge in [0.25, 0.3) is 0 Å². The van der Waals surface area contributed by atoms with Crippen molar-refractivity contribution < 1.29 is 254 Å². The fourth-order valence-corrected chi connectivity index (χ4v) is 11.0. The van der Waals surface area contributed by atoms with E-state index in [1.807, 2.05) is 132 Å². The fraction of sp³-hybridized carbons (Fsp3) is 0.803. The third kappa shape index (κ3) is 77.2. The molecule has 0 saturated carbocycles. The topological polar surface area (TPSA) is 619 Å². The molecule has 6 fully saturated rings. The van der Waals surface area contributed by atoms with Crippen LogP contribution < -0.4 is 48.4 Å². The Hall–Kier alpha value is -7.99. The third-order valence-electron chi connectivity index (χ3n) is 15.4. The van der Waals surface area contributed by atoms with E-state index in [2.05, 4.69) is 13.0 Å². The van der Waals surface area contributed by atoms with E-state index < -0.39 is 67.8 Å². The van der Waals surface area contributed by atoms with Crippen molar-refractivity contribution in [3.63, 3.8) is 0 Å². The molecule has 6 amide bonds. The molecule has 11 atom stereocenters. The average Bonchev–Trinajstić information content (AvgIpc) is 1.69. The van der Waals surface area contributed by atoms with Gasteiger partial charge < -0.3 is 102 Å². The molecule has 0 aromatic heterocycles. The Morgan fingerprint density at radius 1 is 0.421 bits per heavy atom. The van der Waals surface area contributed by atoms with Crippen molar-refractivity contribution in [2.75, 3.05) is 87.0 Å². The van der Waals surface area contributed by atoms with Crippen molar-refractivity contribution in [2.24, 2.45) is 35.5 Å². The molecule has 725 valence electrons. The van der Waals surface area contributed by atoms with E-state index in [-0.39, 0.29) is 201 Å². The molecule has 126 heavy (non-hydrogen) atoms. The summed E-state index contributed by atoms with van der Waals surface area (Å²) in [4.78, 5) is 200. The Balaban J connectivity index is -0.000000104. The first-order valence-electron chi connectivity index (χ1n) is 36.8. The quantitative estimate of drug-likeness (QED) is 0.160. The summed E-state index contributed by atoms with van der Waals surface area (Å²) in [6, 6.07) is 2.64. The number of amides is 6. The monoisotopic (exact) mass is 1940 g/mol. The number of halogens is 3. The van der Waals surface area contributed by atoms with Crippen LogP contribution in [0.5, 0.6) is 0 Å². The first kappa shape index (κ1) is 147. The van der Waals surface area contributed by atoms with Crippen molar-refractivity contribution in [3.8, 4) is 6.07 Å². The first-order valence-corrected chi connectivity index (χ1v) is 38.5.